The molecule has 0 atom stereocenters. The van der Waals surface area contributed by atoms with Crippen LogP contribution in [0.3, 0.4) is 0 Å². The number of nitriles is 1. The van der Waals surface area contributed by atoms with Crippen molar-refractivity contribution in [1.29, 1.82) is 5.26 Å². The lowest BCUT2D eigenvalue weighted by atomic mass is 9.78. The van der Waals surface area contributed by atoms with Gasteiger partial charge in [0, 0.05) is 6.61 Å². The Balaban J connectivity index is 1.28. The second-order valence-corrected chi connectivity index (χ2v) is 9.82. The number of allylic oxidation sites excluding steroid dienone is 4. The molecule has 0 aliphatic heterocycles. The van der Waals surface area contributed by atoms with Gasteiger partial charge in [0.1, 0.15) is 6.07 Å². The van der Waals surface area contributed by atoms with Crippen molar-refractivity contribution in [3.05, 3.63) is 59.4 Å². The SMILES string of the molecule is CCCc1ccc([C@H]2CC[C@H](CO[C@H]3CC[C@H](CC/C=C/C=C(\F)C#N)CC3)CC2)cc1. The molecule has 0 heterocycles. The summed E-state index contributed by atoms with van der Waals surface area (Å²) in [5.74, 6) is 1.49. The van der Waals surface area contributed by atoms with E-state index in [1.165, 1.54) is 87.5 Å². The van der Waals surface area contributed by atoms with Gasteiger partial charge in [0.2, 0.25) is 0 Å². The normalized spacial score (nSPS) is 26.8. The predicted octanol–water partition coefficient (Wildman–Crippen LogP) is 8.20. The van der Waals surface area contributed by atoms with E-state index in [1.54, 1.807) is 6.08 Å². The Kier molecular flexibility index (Phi) is 10.5. The monoisotopic (exact) mass is 437 g/mol. The van der Waals surface area contributed by atoms with Gasteiger partial charge in [0.25, 0.3) is 0 Å². The molecule has 3 rings (SSSR count). The summed E-state index contributed by atoms with van der Waals surface area (Å²) in [6, 6.07) is 10.9. The highest BCUT2D eigenvalue weighted by Crippen LogP contribution is 2.37. The van der Waals surface area contributed by atoms with Crippen LogP contribution in [0.15, 0.2) is 48.3 Å². The molecule has 0 spiro atoms. The minimum absolute atomic E-state index is 0.443. The van der Waals surface area contributed by atoms with Gasteiger partial charge >= 0.3 is 0 Å². The lowest BCUT2D eigenvalue weighted by Gasteiger charge is -2.32. The van der Waals surface area contributed by atoms with Gasteiger partial charge in [-0.3, -0.25) is 0 Å². The Morgan fingerprint density at radius 2 is 1.72 bits per heavy atom. The fourth-order valence-electron chi connectivity index (χ4n) is 5.38. The maximum absolute atomic E-state index is 12.7. The van der Waals surface area contributed by atoms with E-state index in [4.69, 9.17) is 10.00 Å². The van der Waals surface area contributed by atoms with E-state index in [0.29, 0.717) is 6.10 Å². The van der Waals surface area contributed by atoms with Crippen LogP contribution in [0.4, 0.5) is 4.39 Å². The second-order valence-electron chi connectivity index (χ2n) is 9.82. The third-order valence-corrected chi connectivity index (χ3v) is 7.42. The molecule has 0 radical (unpaired) electrons. The number of ether oxygens (including phenoxy) is 1. The average Bonchev–Trinajstić information content (AvgIpc) is 2.84. The highest BCUT2D eigenvalue weighted by atomic mass is 19.1. The molecule has 2 nitrogen and oxygen atoms in total. The first-order chi connectivity index (χ1) is 15.7. The van der Waals surface area contributed by atoms with Crippen LogP contribution in [0, 0.1) is 23.2 Å². The highest BCUT2D eigenvalue weighted by Gasteiger charge is 2.25. The first-order valence-corrected chi connectivity index (χ1v) is 12.8. The topological polar surface area (TPSA) is 33.0 Å². The number of halogens is 1. The minimum atomic E-state index is -0.728. The number of rotatable bonds is 10. The molecule has 32 heavy (non-hydrogen) atoms. The molecular formula is C29H40FNO. The van der Waals surface area contributed by atoms with Crippen LogP contribution in [0.5, 0.6) is 0 Å². The first-order valence-electron chi connectivity index (χ1n) is 12.8. The van der Waals surface area contributed by atoms with Crippen LogP contribution >= 0.6 is 0 Å². The van der Waals surface area contributed by atoms with E-state index in [9.17, 15) is 4.39 Å². The quantitative estimate of drug-likeness (QED) is 0.273. The zero-order chi connectivity index (χ0) is 22.6. The van der Waals surface area contributed by atoms with Gasteiger partial charge in [-0.1, -0.05) is 49.8 Å². The molecule has 1 aromatic rings. The van der Waals surface area contributed by atoms with Gasteiger partial charge in [-0.15, -0.1) is 0 Å². The fourth-order valence-corrected chi connectivity index (χ4v) is 5.38. The summed E-state index contributed by atoms with van der Waals surface area (Å²) in [6.45, 7) is 3.18. The van der Waals surface area contributed by atoms with Crippen LogP contribution in [-0.4, -0.2) is 12.7 Å². The van der Waals surface area contributed by atoms with E-state index < -0.39 is 5.83 Å². The van der Waals surface area contributed by atoms with Gasteiger partial charge in [0.15, 0.2) is 5.83 Å². The van der Waals surface area contributed by atoms with E-state index in [0.717, 1.165) is 37.2 Å². The van der Waals surface area contributed by atoms with Crippen LogP contribution in [0.2, 0.25) is 0 Å². The smallest absolute Gasteiger partial charge is 0.199 e. The highest BCUT2D eigenvalue weighted by molar-refractivity contribution is 5.26. The summed E-state index contributed by atoms with van der Waals surface area (Å²) in [5.41, 5.74) is 3.00. The summed E-state index contributed by atoms with van der Waals surface area (Å²) < 4.78 is 19.1. The molecule has 2 aliphatic rings. The van der Waals surface area contributed by atoms with Crippen molar-refractivity contribution in [1.82, 2.24) is 0 Å². The van der Waals surface area contributed by atoms with Gasteiger partial charge in [-0.2, -0.15) is 9.65 Å². The molecule has 0 N–H and O–H groups in total. The van der Waals surface area contributed by atoms with E-state index in [-0.39, 0.29) is 0 Å². The fraction of sp³-hybridized carbons (Fsp3) is 0.621. The van der Waals surface area contributed by atoms with Gasteiger partial charge in [-0.05, 0) is 106 Å². The van der Waals surface area contributed by atoms with E-state index in [1.807, 2.05) is 6.08 Å². The van der Waals surface area contributed by atoms with Gasteiger partial charge in [0.05, 0.1) is 6.10 Å². The average molecular weight is 438 g/mol. The van der Waals surface area contributed by atoms with Crippen molar-refractivity contribution >= 4 is 0 Å². The predicted molar refractivity (Wildman–Crippen MR) is 130 cm³/mol. The molecule has 0 aromatic heterocycles. The zero-order valence-corrected chi connectivity index (χ0v) is 19.8. The third kappa shape index (κ3) is 8.21. The Morgan fingerprint density at radius 3 is 2.38 bits per heavy atom. The van der Waals surface area contributed by atoms with E-state index in [2.05, 4.69) is 31.2 Å². The summed E-state index contributed by atoms with van der Waals surface area (Å²) in [4.78, 5) is 0. The Morgan fingerprint density at radius 1 is 1.03 bits per heavy atom. The maximum atomic E-state index is 12.7. The summed E-state index contributed by atoms with van der Waals surface area (Å²) in [6.07, 6.45) is 19.8. The van der Waals surface area contributed by atoms with Crippen LogP contribution in [0.25, 0.3) is 0 Å². The third-order valence-electron chi connectivity index (χ3n) is 7.42. The second kappa shape index (κ2) is 13.6. The van der Waals surface area contributed by atoms with Crippen LogP contribution in [-0.2, 0) is 11.2 Å². The molecule has 0 saturated heterocycles. The summed E-state index contributed by atoms with van der Waals surface area (Å²) in [7, 11) is 0. The van der Waals surface area contributed by atoms with Crippen molar-refractivity contribution in [3.8, 4) is 6.07 Å². The largest absolute Gasteiger partial charge is 0.378 e. The maximum Gasteiger partial charge on any atom is 0.199 e. The molecule has 0 bridgehead atoms. The Hall–Kier alpha value is -1.92. The van der Waals surface area contributed by atoms with Crippen molar-refractivity contribution < 1.29 is 9.13 Å². The van der Waals surface area contributed by atoms with Crippen LogP contribution in [0.1, 0.15) is 94.6 Å². The number of aryl methyl sites for hydroxylation is 1. The summed E-state index contributed by atoms with van der Waals surface area (Å²) >= 11 is 0. The number of hydrogen-bond acceptors (Lipinski definition) is 2. The van der Waals surface area contributed by atoms with Crippen molar-refractivity contribution in [2.45, 2.75) is 96.0 Å². The van der Waals surface area contributed by atoms with E-state index >= 15 is 0 Å². The van der Waals surface area contributed by atoms with Crippen LogP contribution < -0.4 is 0 Å². The summed E-state index contributed by atoms with van der Waals surface area (Å²) in [5, 5.41) is 8.39. The molecule has 2 saturated carbocycles. The molecule has 2 aliphatic carbocycles. The van der Waals surface area contributed by atoms with Gasteiger partial charge in [-0.25, -0.2) is 0 Å². The molecule has 2 fully saturated rings. The first kappa shape index (κ1) is 24.7. The number of nitrogens with zero attached hydrogens (tertiary/aromatic N) is 1. The standard InChI is InChI=1S/C29H40FNO/c1-2-6-23-9-15-26(16-10-23)27-17-11-25(12-18-27)22-32-29-19-13-24(14-20-29)7-4-3-5-8-28(30)21-31/h3,5,8-10,15-16,24-25,27,29H,2,4,6-7,11-14,17-20,22H2,1H3/b5-3+,28-8-/t24-,25-,27-,29-. The number of hydrogen-bond donors (Lipinski definition) is 0. The molecule has 0 amide bonds. The molecule has 1 aromatic carbocycles. The Labute approximate surface area is 194 Å². The molecule has 174 valence electrons. The van der Waals surface area contributed by atoms with Crippen molar-refractivity contribution in [3.63, 3.8) is 0 Å². The zero-order valence-electron chi connectivity index (χ0n) is 19.8. The number of benzene rings is 1. The van der Waals surface area contributed by atoms with Crippen molar-refractivity contribution in [2.75, 3.05) is 6.61 Å². The lowest BCUT2D eigenvalue weighted by Crippen LogP contribution is -2.25. The molecular weight excluding hydrogens is 397 g/mol. The minimum Gasteiger partial charge on any atom is -0.378 e. The van der Waals surface area contributed by atoms with Gasteiger partial charge < -0.3 is 4.74 Å². The lowest BCUT2D eigenvalue weighted by molar-refractivity contribution is -0.00824. The Bertz CT molecular complexity index is 759. The molecule has 3 heteroatoms. The molecule has 0 unspecified atom stereocenters. The van der Waals surface area contributed by atoms with Crippen molar-refractivity contribution in [2.24, 2.45) is 11.8 Å².